The summed E-state index contributed by atoms with van der Waals surface area (Å²) in [5, 5.41) is 0. The van der Waals surface area contributed by atoms with Crippen molar-refractivity contribution in [1.82, 2.24) is 0 Å². The van der Waals surface area contributed by atoms with Crippen molar-refractivity contribution in [3.8, 4) is 0 Å². The highest BCUT2D eigenvalue weighted by Crippen LogP contribution is 2.19. The maximum Gasteiger partial charge on any atom is 0.0366 e. The minimum Gasteiger partial charge on any atom is -0.371 e. The molecule has 0 N–H and O–H groups in total. The SMILES string of the molecule is Cc1ccc(N2CCCSCC2)cc1. The van der Waals surface area contributed by atoms with E-state index in [-0.39, 0.29) is 0 Å². The molecule has 0 saturated carbocycles. The van der Waals surface area contributed by atoms with Gasteiger partial charge in [-0.3, -0.25) is 0 Å². The van der Waals surface area contributed by atoms with E-state index in [2.05, 4.69) is 47.9 Å². The zero-order valence-corrected chi connectivity index (χ0v) is 9.52. The summed E-state index contributed by atoms with van der Waals surface area (Å²) in [4.78, 5) is 2.50. The summed E-state index contributed by atoms with van der Waals surface area (Å²) < 4.78 is 0. The van der Waals surface area contributed by atoms with Crippen LogP contribution < -0.4 is 4.90 Å². The Kier molecular flexibility index (Phi) is 3.35. The second-order valence-corrected chi connectivity index (χ2v) is 5.01. The first-order valence-electron chi connectivity index (χ1n) is 5.25. The second-order valence-electron chi connectivity index (χ2n) is 3.79. The third-order valence-electron chi connectivity index (χ3n) is 2.62. The van der Waals surface area contributed by atoms with E-state index in [1.807, 2.05) is 0 Å². The molecule has 2 heteroatoms. The fraction of sp³-hybridized carbons (Fsp3) is 0.500. The van der Waals surface area contributed by atoms with E-state index < -0.39 is 0 Å². The molecule has 1 aliphatic heterocycles. The molecule has 1 saturated heterocycles. The molecule has 0 amide bonds. The molecule has 1 fully saturated rings. The van der Waals surface area contributed by atoms with Gasteiger partial charge in [0.1, 0.15) is 0 Å². The van der Waals surface area contributed by atoms with Crippen LogP contribution >= 0.6 is 11.8 Å². The fourth-order valence-corrected chi connectivity index (χ4v) is 2.65. The van der Waals surface area contributed by atoms with Gasteiger partial charge >= 0.3 is 0 Å². The van der Waals surface area contributed by atoms with Crippen LogP contribution in [0.5, 0.6) is 0 Å². The highest BCUT2D eigenvalue weighted by molar-refractivity contribution is 7.99. The van der Waals surface area contributed by atoms with Crippen molar-refractivity contribution in [2.45, 2.75) is 13.3 Å². The maximum absolute atomic E-state index is 2.50. The van der Waals surface area contributed by atoms with Crippen LogP contribution in [0.3, 0.4) is 0 Å². The molecule has 0 atom stereocenters. The summed E-state index contributed by atoms with van der Waals surface area (Å²) in [6.07, 6.45) is 1.32. The third-order valence-corrected chi connectivity index (χ3v) is 3.67. The van der Waals surface area contributed by atoms with Gasteiger partial charge in [-0.25, -0.2) is 0 Å². The highest BCUT2D eigenvalue weighted by Gasteiger charge is 2.08. The summed E-state index contributed by atoms with van der Waals surface area (Å²) in [6.45, 7) is 4.56. The lowest BCUT2D eigenvalue weighted by atomic mass is 10.2. The van der Waals surface area contributed by atoms with E-state index >= 15 is 0 Å². The van der Waals surface area contributed by atoms with Crippen molar-refractivity contribution >= 4 is 17.4 Å². The molecule has 1 nitrogen and oxygen atoms in total. The van der Waals surface area contributed by atoms with Crippen LogP contribution in [0.15, 0.2) is 24.3 Å². The Morgan fingerprint density at radius 3 is 2.64 bits per heavy atom. The number of thioether (sulfide) groups is 1. The lowest BCUT2D eigenvalue weighted by Crippen LogP contribution is -2.25. The van der Waals surface area contributed by atoms with Crippen LogP contribution in [0.25, 0.3) is 0 Å². The van der Waals surface area contributed by atoms with Crippen LogP contribution in [-0.4, -0.2) is 24.6 Å². The predicted octanol–water partition coefficient (Wildman–Crippen LogP) is 2.94. The van der Waals surface area contributed by atoms with Gasteiger partial charge in [-0.2, -0.15) is 11.8 Å². The molecule has 0 bridgehead atoms. The number of anilines is 1. The Hall–Kier alpha value is -0.630. The molecule has 0 aromatic heterocycles. The van der Waals surface area contributed by atoms with E-state index in [1.54, 1.807) is 0 Å². The molecule has 1 aliphatic rings. The minimum atomic E-state index is 1.20. The lowest BCUT2D eigenvalue weighted by molar-refractivity contribution is 0.816. The molecule has 0 radical (unpaired) electrons. The van der Waals surface area contributed by atoms with Gasteiger partial charge in [0.05, 0.1) is 0 Å². The first-order valence-corrected chi connectivity index (χ1v) is 6.41. The number of nitrogens with zero attached hydrogens (tertiary/aromatic N) is 1. The second kappa shape index (κ2) is 4.74. The Bertz CT molecular complexity index is 273. The van der Waals surface area contributed by atoms with Crippen molar-refractivity contribution in [3.05, 3.63) is 29.8 Å². The van der Waals surface area contributed by atoms with Gasteiger partial charge in [0.15, 0.2) is 0 Å². The molecule has 0 spiro atoms. The van der Waals surface area contributed by atoms with Crippen molar-refractivity contribution in [2.24, 2.45) is 0 Å². The fourth-order valence-electron chi connectivity index (χ4n) is 1.76. The smallest absolute Gasteiger partial charge is 0.0366 e. The average Bonchev–Trinajstić information content (AvgIpc) is 2.47. The standard InChI is InChI=1S/C12H17NS/c1-11-3-5-12(6-4-11)13-7-2-9-14-10-8-13/h3-6H,2,7-10H2,1H3. The van der Waals surface area contributed by atoms with Crippen LogP contribution in [0.1, 0.15) is 12.0 Å². The molecule has 0 aliphatic carbocycles. The van der Waals surface area contributed by atoms with Gasteiger partial charge < -0.3 is 4.90 Å². The number of hydrogen-bond acceptors (Lipinski definition) is 2. The molecule has 1 aromatic rings. The zero-order valence-electron chi connectivity index (χ0n) is 8.70. The summed E-state index contributed by atoms with van der Waals surface area (Å²) in [5.41, 5.74) is 2.73. The molecular weight excluding hydrogens is 190 g/mol. The van der Waals surface area contributed by atoms with Crippen molar-refractivity contribution < 1.29 is 0 Å². The largest absolute Gasteiger partial charge is 0.371 e. The Balaban J connectivity index is 2.08. The van der Waals surface area contributed by atoms with E-state index in [9.17, 15) is 0 Å². The lowest BCUT2D eigenvalue weighted by Gasteiger charge is -2.22. The molecule has 14 heavy (non-hydrogen) atoms. The number of hydrogen-bond donors (Lipinski definition) is 0. The topological polar surface area (TPSA) is 3.24 Å². The van der Waals surface area contributed by atoms with E-state index in [0.717, 1.165) is 0 Å². The van der Waals surface area contributed by atoms with Gasteiger partial charge in [0, 0.05) is 24.5 Å². The highest BCUT2D eigenvalue weighted by atomic mass is 32.2. The van der Waals surface area contributed by atoms with Crippen LogP contribution in [0.2, 0.25) is 0 Å². The van der Waals surface area contributed by atoms with Gasteiger partial charge in [0.25, 0.3) is 0 Å². The third kappa shape index (κ3) is 2.44. The molecular formula is C12H17NS. The van der Waals surface area contributed by atoms with Gasteiger partial charge in [-0.1, -0.05) is 17.7 Å². The van der Waals surface area contributed by atoms with E-state index in [1.165, 1.54) is 42.3 Å². The molecule has 76 valence electrons. The summed E-state index contributed by atoms with van der Waals surface area (Å²) in [7, 11) is 0. The van der Waals surface area contributed by atoms with Crippen molar-refractivity contribution in [3.63, 3.8) is 0 Å². The summed E-state index contributed by atoms with van der Waals surface area (Å²) >= 11 is 2.08. The molecule has 2 rings (SSSR count). The monoisotopic (exact) mass is 207 g/mol. The van der Waals surface area contributed by atoms with E-state index in [0.29, 0.717) is 0 Å². The van der Waals surface area contributed by atoms with Gasteiger partial charge in [-0.05, 0) is 31.2 Å². The number of aryl methyl sites for hydroxylation is 1. The van der Waals surface area contributed by atoms with Crippen molar-refractivity contribution in [2.75, 3.05) is 29.5 Å². The zero-order chi connectivity index (χ0) is 9.80. The average molecular weight is 207 g/mol. The molecule has 0 unspecified atom stereocenters. The van der Waals surface area contributed by atoms with Crippen LogP contribution in [0, 0.1) is 6.92 Å². The minimum absolute atomic E-state index is 1.20. The predicted molar refractivity (Wildman–Crippen MR) is 65.3 cm³/mol. The number of rotatable bonds is 1. The Morgan fingerprint density at radius 1 is 1.07 bits per heavy atom. The maximum atomic E-state index is 2.50. The molecule has 1 heterocycles. The number of benzene rings is 1. The quantitative estimate of drug-likeness (QED) is 0.696. The Morgan fingerprint density at radius 2 is 1.86 bits per heavy atom. The Labute approximate surface area is 90.5 Å². The molecule has 1 aromatic carbocycles. The van der Waals surface area contributed by atoms with Crippen LogP contribution in [-0.2, 0) is 0 Å². The summed E-state index contributed by atoms with van der Waals surface area (Å²) in [6, 6.07) is 8.89. The normalized spacial score (nSPS) is 17.9. The first kappa shape index (κ1) is 9.91. The van der Waals surface area contributed by atoms with Crippen molar-refractivity contribution in [1.29, 1.82) is 0 Å². The van der Waals surface area contributed by atoms with E-state index in [4.69, 9.17) is 0 Å². The van der Waals surface area contributed by atoms with Gasteiger partial charge in [0.2, 0.25) is 0 Å². The summed E-state index contributed by atoms with van der Waals surface area (Å²) in [5.74, 6) is 2.59. The van der Waals surface area contributed by atoms with Gasteiger partial charge in [-0.15, -0.1) is 0 Å². The first-order chi connectivity index (χ1) is 6.86. The van der Waals surface area contributed by atoms with Crippen LogP contribution in [0.4, 0.5) is 5.69 Å².